The minimum Gasteiger partial charge on any atom is -0.399 e. The molecule has 0 spiro atoms. The van der Waals surface area contributed by atoms with E-state index in [1.165, 1.54) is 17.2 Å². The van der Waals surface area contributed by atoms with Crippen LogP contribution < -0.4 is 5.73 Å². The molecule has 0 saturated carbocycles. The quantitative estimate of drug-likeness (QED) is 0.858. The van der Waals surface area contributed by atoms with Gasteiger partial charge < -0.3 is 10.6 Å². The van der Waals surface area contributed by atoms with E-state index in [0.29, 0.717) is 12.2 Å². The predicted octanol–water partition coefficient (Wildman–Crippen LogP) is 2.08. The Morgan fingerprint density at radius 2 is 2.21 bits per heavy atom. The van der Waals surface area contributed by atoms with Crippen molar-refractivity contribution in [1.29, 1.82) is 0 Å². The Kier molecular flexibility index (Phi) is 3.75. The molecule has 0 aliphatic heterocycles. The molecule has 2 aromatic rings. The second-order valence-electron chi connectivity index (χ2n) is 4.26. The van der Waals surface area contributed by atoms with Crippen molar-refractivity contribution in [1.82, 2.24) is 9.88 Å². The highest BCUT2D eigenvalue weighted by Gasteiger charge is 2.16. The van der Waals surface area contributed by atoms with E-state index in [2.05, 4.69) is 4.98 Å². The van der Waals surface area contributed by atoms with Crippen molar-refractivity contribution in [3.05, 3.63) is 59.7 Å². The van der Waals surface area contributed by atoms with Gasteiger partial charge >= 0.3 is 0 Å². The summed E-state index contributed by atoms with van der Waals surface area (Å²) in [5, 5.41) is 0. The van der Waals surface area contributed by atoms with Gasteiger partial charge in [-0.15, -0.1) is 0 Å². The molecule has 0 aliphatic rings. The van der Waals surface area contributed by atoms with Gasteiger partial charge in [-0.25, -0.2) is 4.39 Å². The van der Waals surface area contributed by atoms with Gasteiger partial charge in [-0.1, -0.05) is 12.1 Å². The zero-order valence-electron chi connectivity index (χ0n) is 10.5. The second kappa shape index (κ2) is 5.48. The molecule has 0 unspecified atom stereocenters. The first-order valence-electron chi connectivity index (χ1n) is 5.77. The Labute approximate surface area is 110 Å². The van der Waals surface area contributed by atoms with Gasteiger partial charge in [0.1, 0.15) is 0 Å². The average molecular weight is 259 g/mol. The molecule has 1 heterocycles. The Hall–Kier alpha value is -2.43. The maximum Gasteiger partial charge on any atom is 0.256 e. The lowest BCUT2D eigenvalue weighted by Crippen LogP contribution is -2.27. The first-order chi connectivity index (χ1) is 9.08. The maximum atomic E-state index is 13.5. The minimum absolute atomic E-state index is 0.0152. The zero-order valence-corrected chi connectivity index (χ0v) is 10.5. The number of carbonyl (C=O) groups is 1. The third-order valence-electron chi connectivity index (χ3n) is 2.72. The van der Waals surface area contributed by atoms with Gasteiger partial charge in [-0.2, -0.15) is 0 Å². The van der Waals surface area contributed by atoms with Gasteiger partial charge in [0, 0.05) is 25.5 Å². The molecule has 0 aliphatic carbocycles. The average Bonchev–Trinajstić information content (AvgIpc) is 2.38. The van der Waals surface area contributed by atoms with E-state index >= 15 is 0 Å². The van der Waals surface area contributed by atoms with Crippen molar-refractivity contribution in [2.75, 3.05) is 12.8 Å². The molecule has 4 nitrogen and oxygen atoms in total. The standard InChI is InChI=1S/C14H14FN3O/c1-18(9-10-3-2-4-11(16)7-10)14(19)12-5-6-17-8-13(12)15/h2-8H,9,16H2,1H3. The van der Waals surface area contributed by atoms with Crippen LogP contribution in [0.15, 0.2) is 42.7 Å². The number of nitrogens with zero attached hydrogens (tertiary/aromatic N) is 2. The highest BCUT2D eigenvalue weighted by Crippen LogP contribution is 2.12. The Balaban J connectivity index is 2.14. The molecule has 0 atom stereocenters. The third kappa shape index (κ3) is 3.07. The third-order valence-corrected chi connectivity index (χ3v) is 2.72. The number of hydrogen-bond acceptors (Lipinski definition) is 3. The Morgan fingerprint density at radius 3 is 2.89 bits per heavy atom. The van der Waals surface area contributed by atoms with Crippen LogP contribution in [0.5, 0.6) is 0 Å². The van der Waals surface area contributed by atoms with E-state index in [1.54, 1.807) is 19.2 Å². The summed E-state index contributed by atoms with van der Waals surface area (Å²) in [6.07, 6.45) is 2.42. The van der Waals surface area contributed by atoms with Crippen LogP contribution in [0.3, 0.4) is 0 Å². The van der Waals surface area contributed by atoms with E-state index < -0.39 is 5.82 Å². The number of anilines is 1. The second-order valence-corrected chi connectivity index (χ2v) is 4.26. The van der Waals surface area contributed by atoms with Crippen molar-refractivity contribution < 1.29 is 9.18 Å². The summed E-state index contributed by atoms with van der Waals surface area (Å²) in [6.45, 7) is 0.367. The van der Waals surface area contributed by atoms with Crippen molar-refractivity contribution in [2.45, 2.75) is 6.54 Å². The van der Waals surface area contributed by atoms with E-state index in [0.717, 1.165) is 11.8 Å². The molecule has 1 amide bonds. The molecule has 5 heteroatoms. The number of nitrogen functional groups attached to an aromatic ring is 1. The van der Waals surface area contributed by atoms with Crippen molar-refractivity contribution in [3.8, 4) is 0 Å². The molecule has 1 aromatic heterocycles. The Morgan fingerprint density at radius 1 is 1.42 bits per heavy atom. The predicted molar refractivity (Wildman–Crippen MR) is 70.8 cm³/mol. The minimum atomic E-state index is -0.619. The summed E-state index contributed by atoms with van der Waals surface area (Å²) in [7, 11) is 1.62. The number of benzene rings is 1. The van der Waals surface area contributed by atoms with Crippen LogP contribution in [-0.2, 0) is 6.54 Å². The van der Waals surface area contributed by atoms with Crippen molar-refractivity contribution in [3.63, 3.8) is 0 Å². The fourth-order valence-corrected chi connectivity index (χ4v) is 1.79. The summed E-state index contributed by atoms with van der Waals surface area (Å²) in [6, 6.07) is 8.60. The van der Waals surface area contributed by atoms with E-state index in [1.807, 2.05) is 12.1 Å². The van der Waals surface area contributed by atoms with Crippen LogP contribution in [0.1, 0.15) is 15.9 Å². The molecule has 1 aromatic carbocycles. The molecule has 98 valence electrons. The van der Waals surface area contributed by atoms with Crippen LogP contribution in [-0.4, -0.2) is 22.8 Å². The zero-order chi connectivity index (χ0) is 13.8. The van der Waals surface area contributed by atoms with Crippen LogP contribution in [0, 0.1) is 5.82 Å². The van der Waals surface area contributed by atoms with Crippen molar-refractivity contribution in [2.24, 2.45) is 0 Å². The number of rotatable bonds is 3. The lowest BCUT2D eigenvalue weighted by atomic mass is 10.1. The first kappa shape index (κ1) is 13.0. The SMILES string of the molecule is CN(Cc1cccc(N)c1)C(=O)c1ccncc1F. The number of amides is 1. The Bertz CT molecular complexity index is 601. The normalized spacial score (nSPS) is 10.2. The smallest absolute Gasteiger partial charge is 0.256 e. The molecule has 0 saturated heterocycles. The van der Waals surface area contributed by atoms with Gasteiger partial charge in [-0.3, -0.25) is 9.78 Å². The summed E-state index contributed by atoms with van der Waals surface area (Å²) in [5.74, 6) is -1.01. The molecule has 2 N–H and O–H groups in total. The highest BCUT2D eigenvalue weighted by atomic mass is 19.1. The first-order valence-corrected chi connectivity index (χ1v) is 5.77. The largest absolute Gasteiger partial charge is 0.399 e. The fourth-order valence-electron chi connectivity index (χ4n) is 1.79. The van der Waals surface area contributed by atoms with Gasteiger partial charge in [0.2, 0.25) is 0 Å². The summed E-state index contributed by atoms with van der Waals surface area (Å²) >= 11 is 0. The van der Waals surface area contributed by atoms with Crippen LogP contribution in [0.25, 0.3) is 0 Å². The van der Waals surface area contributed by atoms with Crippen LogP contribution in [0.4, 0.5) is 10.1 Å². The van der Waals surface area contributed by atoms with Crippen molar-refractivity contribution >= 4 is 11.6 Å². The van der Waals surface area contributed by atoms with Gasteiger partial charge in [0.05, 0.1) is 11.8 Å². The molecule has 0 radical (unpaired) electrons. The van der Waals surface area contributed by atoms with E-state index in [-0.39, 0.29) is 11.5 Å². The topological polar surface area (TPSA) is 59.2 Å². The summed E-state index contributed by atoms with van der Waals surface area (Å²) in [5.41, 5.74) is 7.22. The summed E-state index contributed by atoms with van der Waals surface area (Å²) < 4.78 is 13.5. The van der Waals surface area contributed by atoms with Gasteiger partial charge in [-0.05, 0) is 23.8 Å². The molecule has 0 bridgehead atoms. The van der Waals surface area contributed by atoms with Crippen LogP contribution >= 0.6 is 0 Å². The molecule has 19 heavy (non-hydrogen) atoms. The molecular formula is C14H14FN3O. The lowest BCUT2D eigenvalue weighted by molar-refractivity contribution is 0.0780. The fraction of sp³-hybridized carbons (Fsp3) is 0.143. The number of nitrogens with two attached hydrogens (primary N) is 1. The summed E-state index contributed by atoms with van der Waals surface area (Å²) in [4.78, 5) is 17.1. The molecule has 2 rings (SSSR count). The van der Waals surface area contributed by atoms with Gasteiger partial charge in [0.15, 0.2) is 5.82 Å². The van der Waals surface area contributed by atoms with E-state index in [4.69, 9.17) is 5.73 Å². The lowest BCUT2D eigenvalue weighted by Gasteiger charge is -2.17. The number of hydrogen-bond donors (Lipinski definition) is 1. The molecular weight excluding hydrogens is 245 g/mol. The van der Waals surface area contributed by atoms with Crippen LogP contribution in [0.2, 0.25) is 0 Å². The number of aromatic nitrogens is 1. The molecule has 0 fully saturated rings. The van der Waals surface area contributed by atoms with E-state index in [9.17, 15) is 9.18 Å². The number of halogens is 1. The monoisotopic (exact) mass is 259 g/mol. The maximum absolute atomic E-state index is 13.5. The van der Waals surface area contributed by atoms with Gasteiger partial charge in [0.25, 0.3) is 5.91 Å². The number of pyridine rings is 1. The number of carbonyl (C=O) groups excluding carboxylic acids is 1. The highest BCUT2D eigenvalue weighted by molar-refractivity contribution is 5.94.